The van der Waals surface area contributed by atoms with Crippen molar-refractivity contribution >= 4 is 23.4 Å². The number of amides is 1. The van der Waals surface area contributed by atoms with E-state index in [1.807, 2.05) is 18.7 Å². The lowest BCUT2D eigenvalue weighted by atomic mass is 10.0. The fraction of sp³-hybridized carbons (Fsp3) is 0.409. The van der Waals surface area contributed by atoms with Gasteiger partial charge in [0.05, 0.1) is 34.6 Å². The molecular weight excluding hydrogens is 400 g/mol. The number of carbonyl (C=O) groups excluding carboxylic acids is 2. The number of anilines is 1. The average molecular weight is 428 g/mol. The zero-order valence-corrected chi connectivity index (χ0v) is 18.2. The molecular formula is C22H28N4O5. The summed E-state index contributed by atoms with van der Waals surface area (Å²) in [5.74, 6) is -0.301. The molecule has 166 valence electrons. The van der Waals surface area contributed by atoms with Crippen LogP contribution >= 0.6 is 0 Å². The van der Waals surface area contributed by atoms with Crippen LogP contribution in [0, 0.1) is 10.1 Å². The molecule has 1 atom stereocenters. The summed E-state index contributed by atoms with van der Waals surface area (Å²) < 4.78 is 5.18. The van der Waals surface area contributed by atoms with Crippen LogP contribution in [0.5, 0.6) is 0 Å². The molecule has 2 aromatic rings. The fourth-order valence-electron chi connectivity index (χ4n) is 3.16. The molecule has 9 nitrogen and oxygen atoms in total. The quantitative estimate of drug-likeness (QED) is 0.349. The van der Waals surface area contributed by atoms with Crippen molar-refractivity contribution in [3.8, 4) is 0 Å². The Labute approximate surface area is 181 Å². The van der Waals surface area contributed by atoms with Gasteiger partial charge >= 0.3 is 5.97 Å². The average Bonchev–Trinajstić information content (AvgIpc) is 2.74. The van der Waals surface area contributed by atoms with E-state index in [0.717, 1.165) is 18.9 Å². The van der Waals surface area contributed by atoms with E-state index in [4.69, 9.17) is 4.74 Å². The van der Waals surface area contributed by atoms with Gasteiger partial charge in [0, 0.05) is 25.4 Å². The maximum atomic E-state index is 12.8. The normalized spacial score (nSPS) is 11.6. The summed E-state index contributed by atoms with van der Waals surface area (Å²) in [4.78, 5) is 42.4. The van der Waals surface area contributed by atoms with Gasteiger partial charge in [0.25, 0.3) is 11.6 Å². The maximum absolute atomic E-state index is 12.8. The van der Waals surface area contributed by atoms with Crippen LogP contribution in [-0.2, 0) is 9.53 Å². The van der Waals surface area contributed by atoms with Gasteiger partial charge in [-0.1, -0.05) is 18.2 Å². The van der Waals surface area contributed by atoms with Crippen LogP contribution in [0.15, 0.2) is 42.6 Å². The largest absolute Gasteiger partial charge is 0.463 e. The number of ether oxygens (including phenoxy) is 1. The van der Waals surface area contributed by atoms with Crippen LogP contribution in [0.4, 0.5) is 11.5 Å². The molecule has 9 heteroatoms. The number of rotatable bonds is 10. The third kappa shape index (κ3) is 6.50. The number of nitro benzene ring substituents is 1. The van der Waals surface area contributed by atoms with E-state index in [0.29, 0.717) is 0 Å². The summed E-state index contributed by atoms with van der Waals surface area (Å²) in [6.07, 6.45) is 0.873. The zero-order valence-electron chi connectivity index (χ0n) is 18.2. The van der Waals surface area contributed by atoms with Gasteiger partial charge in [-0.05, 0) is 39.8 Å². The lowest BCUT2D eigenvalue weighted by Gasteiger charge is -2.21. The van der Waals surface area contributed by atoms with Gasteiger partial charge in [0.1, 0.15) is 5.82 Å². The second kappa shape index (κ2) is 11.1. The number of carbonyl (C=O) groups is 2. The SMILES string of the molecule is CCN(CC)c1ccc(C(=O)NC(CC(=O)OC(C)C)c2ccccc2[N+](=O)[O-])cn1. The standard InChI is InChI=1S/C22H28N4O5/c1-5-25(6-2)20-12-11-16(14-23-20)22(28)24-18(13-21(27)31-15(3)4)17-9-7-8-10-19(17)26(29)30/h7-12,14-15,18H,5-6,13H2,1-4H3,(H,24,28). The number of pyridine rings is 1. The Morgan fingerprint density at radius 3 is 2.39 bits per heavy atom. The van der Waals surface area contributed by atoms with Crippen molar-refractivity contribution in [2.24, 2.45) is 0 Å². The highest BCUT2D eigenvalue weighted by molar-refractivity contribution is 5.94. The van der Waals surface area contributed by atoms with Gasteiger partial charge in [-0.3, -0.25) is 19.7 Å². The molecule has 0 spiro atoms. The summed E-state index contributed by atoms with van der Waals surface area (Å²) >= 11 is 0. The molecule has 1 aromatic heterocycles. The van der Waals surface area contributed by atoms with Crippen molar-refractivity contribution in [3.63, 3.8) is 0 Å². The minimum atomic E-state index is -0.928. The Morgan fingerprint density at radius 2 is 1.84 bits per heavy atom. The monoisotopic (exact) mass is 428 g/mol. The molecule has 0 radical (unpaired) electrons. The van der Waals surface area contributed by atoms with E-state index in [-0.39, 0.29) is 29.3 Å². The van der Waals surface area contributed by atoms with Gasteiger partial charge in [-0.15, -0.1) is 0 Å². The molecule has 1 N–H and O–H groups in total. The number of aromatic nitrogens is 1. The topological polar surface area (TPSA) is 115 Å². The Bertz CT molecular complexity index is 910. The molecule has 2 rings (SSSR count). The summed E-state index contributed by atoms with van der Waals surface area (Å²) in [7, 11) is 0. The second-order valence-corrected chi connectivity index (χ2v) is 7.16. The zero-order chi connectivity index (χ0) is 23.0. The van der Waals surface area contributed by atoms with Crippen LogP contribution in [0.2, 0.25) is 0 Å². The first-order valence-corrected chi connectivity index (χ1v) is 10.2. The van der Waals surface area contributed by atoms with E-state index in [1.165, 1.54) is 24.4 Å². The minimum absolute atomic E-state index is 0.180. The molecule has 1 heterocycles. The van der Waals surface area contributed by atoms with E-state index in [2.05, 4.69) is 10.3 Å². The molecule has 0 aliphatic rings. The highest BCUT2D eigenvalue weighted by atomic mass is 16.6. The van der Waals surface area contributed by atoms with E-state index in [9.17, 15) is 19.7 Å². The van der Waals surface area contributed by atoms with E-state index >= 15 is 0 Å². The first-order valence-electron chi connectivity index (χ1n) is 10.2. The lowest BCUT2D eigenvalue weighted by molar-refractivity contribution is -0.385. The Kier molecular flexibility index (Phi) is 8.48. The van der Waals surface area contributed by atoms with Crippen molar-refractivity contribution in [3.05, 3.63) is 63.8 Å². The fourth-order valence-corrected chi connectivity index (χ4v) is 3.16. The molecule has 1 aromatic carbocycles. The Morgan fingerprint density at radius 1 is 1.16 bits per heavy atom. The Hall–Kier alpha value is -3.49. The lowest BCUT2D eigenvalue weighted by Crippen LogP contribution is -2.31. The van der Waals surface area contributed by atoms with Gasteiger partial charge in [0.15, 0.2) is 0 Å². The van der Waals surface area contributed by atoms with E-state index < -0.39 is 22.8 Å². The highest BCUT2D eigenvalue weighted by Crippen LogP contribution is 2.28. The van der Waals surface area contributed by atoms with Crippen LogP contribution in [0.1, 0.15) is 56.1 Å². The van der Waals surface area contributed by atoms with Gasteiger partial charge in [-0.25, -0.2) is 4.98 Å². The second-order valence-electron chi connectivity index (χ2n) is 7.16. The smallest absolute Gasteiger partial charge is 0.308 e. The number of hydrogen-bond donors (Lipinski definition) is 1. The Balaban J connectivity index is 2.29. The minimum Gasteiger partial charge on any atom is -0.463 e. The van der Waals surface area contributed by atoms with Crippen LogP contribution in [-0.4, -0.2) is 41.0 Å². The maximum Gasteiger partial charge on any atom is 0.308 e. The first kappa shape index (κ1) is 23.8. The molecule has 0 fully saturated rings. The number of esters is 1. The van der Waals surface area contributed by atoms with Crippen molar-refractivity contribution in [2.45, 2.75) is 46.3 Å². The van der Waals surface area contributed by atoms with Gasteiger partial charge < -0.3 is 15.0 Å². The number of para-hydroxylation sites is 1. The third-order valence-electron chi connectivity index (χ3n) is 4.65. The molecule has 0 bridgehead atoms. The number of hydrogen-bond acceptors (Lipinski definition) is 7. The predicted octanol–water partition coefficient (Wildman–Crippen LogP) is 3.65. The highest BCUT2D eigenvalue weighted by Gasteiger charge is 2.27. The molecule has 1 amide bonds. The van der Waals surface area contributed by atoms with Crippen LogP contribution < -0.4 is 10.2 Å². The van der Waals surface area contributed by atoms with Crippen molar-refractivity contribution in [2.75, 3.05) is 18.0 Å². The molecule has 0 aliphatic carbocycles. The number of nitro groups is 1. The number of benzene rings is 1. The molecule has 0 saturated carbocycles. The summed E-state index contributed by atoms with van der Waals surface area (Å²) in [5.41, 5.74) is 0.339. The molecule has 31 heavy (non-hydrogen) atoms. The van der Waals surface area contributed by atoms with Crippen molar-refractivity contribution in [1.82, 2.24) is 10.3 Å². The third-order valence-corrected chi connectivity index (χ3v) is 4.65. The van der Waals surface area contributed by atoms with Crippen LogP contribution in [0.25, 0.3) is 0 Å². The first-order chi connectivity index (χ1) is 14.8. The molecule has 0 aliphatic heterocycles. The van der Waals surface area contributed by atoms with Crippen molar-refractivity contribution in [1.29, 1.82) is 0 Å². The predicted molar refractivity (Wildman–Crippen MR) is 117 cm³/mol. The summed E-state index contributed by atoms with van der Waals surface area (Å²) in [6.45, 7) is 9.01. The number of nitrogens with one attached hydrogen (secondary N) is 1. The summed E-state index contributed by atoms with van der Waals surface area (Å²) in [6, 6.07) is 8.46. The number of nitrogens with zero attached hydrogens (tertiary/aromatic N) is 3. The molecule has 0 saturated heterocycles. The summed E-state index contributed by atoms with van der Waals surface area (Å²) in [5, 5.41) is 14.2. The molecule has 1 unspecified atom stereocenters. The van der Waals surface area contributed by atoms with Crippen LogP contribution in [0.3, 0.4) is 0 Å². The van der Waals surface area contributed by atoms with Gasteiger partial charge in [-0.2, -0.15) is 0 Å². The van der Waals surface area contributed by atoms with Crippen molar-refractivity contribution < 1.29 is 19.2 Å². The van der Waals surface area contributed by atoms with E-state index in [1.54, 1.807) is 32.0 Å². The van der Waals surface area contributed by atoms with Gasteiger partial charge in [0.2, 0.25) is 0 Å².